The van der Waals surface area contributed by atoms with Crippen LogP contribution in [0.2, 0.25) is 0 Å². The van der Waals surface area contributed by atoms with E-state index in [0.717, 1.165) is 37.3 Å². The second-order valence-electron chi connectivity index (χ2n) is 5.17. The van der Waals surface area contributed by atoms with Gasteiger partial charge in [0.05, 0.1) is 17.4 Å². The summed E-state index contributed by atoms with van der Waals surface area (Å²) in [5.74, 6) is 2.50. The number of thioether (sulfide) groups is 1. The fraction of sp³-hybridized carbons (Fsp3) is 0.692. The highest BCUT2D eigenvalue weighted by atomic mass is 32.2. The Morgan fingerprint density at radius 3 is 3.22 bits per heavy atom. The lowest BCUT2D eigenvalue weighted by molar-refractivity contribution is -0.102. The number of nitrogens with zero attached hydrogens (tertiary/aromatic N) is 2. The molecule has 3 heterocycles. The first-order valence-corrected chi connectivity index (χ1v) is 7.60. The van der Waals surface area contributed by atoms with Crippen molar-refractivity contribution in [3.05, 3.63) is 24.3 Å². The Hall–Kier alpha value is -0.650. The highest BCUT2D eigenvalue weighted by Crippen LogP contribution is 2.43. The molecule has 1 spiro atoms. The van der Waals surface area contributed by atoms with Crippen LogP contribution in [0.1, 0.15) is 31.1 Å². The van der Waals surface area contributed by atoms with Crippen LogP contribution in [0.4, 0.5) is 0 Å². The molecule has 2 aliphatic rings. The first-order valence-electron chi connectivity index (χ1n) is 6.45. The standard InChI is InChI=1S/C13H18N2O2S/c16-12(11-1-4-14-9-15-11)10-2-5-17-13(7-10)3-6-18-8-13/h1,4,9-10,12,16H,2-3,5-8H2. The molecule has 5 heteroatoms. The summed E-state index contributed by atoms with van der Waals surface area (Å²) in [6, 6.07) is 1.80. The van der Waals surface area contributed by atoms with Crippen molar-refractivity contribution >= 4 is 11.8 Å². The molecule has 0 saturated carbocycles. The minimum atomic E-state index is -0.487. The Morgan fingerprint density at radius 1 is 1.56 bits per heavy atom. The highest BCUT2D eigenvalue weighted by Gasteiger charge is 2.42. The molecule has 4 nitrogen and oxygen atoms in total. The summed E-state index contributed by atoms with van der Waals surface area (Å²) in [7, 11) is 0. The summed E-state index contributed by atoms with van der Waals surface area (Å²) in [6.45, 7) is 0.757. The molecule has 1 aromatic rings. The topological polar surface area (TPSA) is 55.2 Å². The maximum absolute atomic E-state index is 10.4. The number of aliphatic hydroxyl groups excluding tert-OH is 1. The second-order valence-corrected chi connectivity index (χ2v) is 6.27. The monoisotopic (exact) mass is 266 g/mol. The normalized spacial score (nSPS) is 33.7. The molecule has 98 valence electrons. The van der Waals surface area contributed by atoms with Crippen LogP contribution in [-0.2, 0) is 4.74 Å². The number of aliphatic hydroxyl groups is 1. The summed E-state index contributed by atoms with van der Waals surface area (Å²) in [5.41, 5.74) is 0.749. The molecule has 0 aliphatic carbocycles. The van der Waals surface area contributed by atoms with Crippen molar-refractivity contribution in [2.75, 3.05) is 18.1 Å². The summed E-state index contributed by atoms with van der Waals surface area (Å²) < 4.78 is 5.98. The summed E-state index contributed by atoms with van der Waals surface area (Å²) in [5, 5.41) is 10.4. The molecule has 2 saturated heterocycles. The van der Waals surface area contributed by atoms with Crippen LogP contribution >= 0.6 is 11.8 Å². The van der Waals surface area contributed by atoms with E-state index in [1.54, 1.807) is 12.3 Å². The third-order valence-corrected chi connectivity index (χ3v) is 5.18. The van der Waals surface area contributed by atoms with E-state index in [4.69, 9.17) is 4.74 Å². The van der Waals surface area contributed by atoms with E-state index in [-0.39, 0.29) is 11.5 Å². The van der Waals surface area contributed by atoms with Crippen LogP contribution in [0.5, 0.6) is 0 Å². The van der Waals surface area contributed by atoms with Crippen LogP contribution in [0.15, 0.2) is 18.6 Å². The van der Waals surface area contributed by atoms with E-state index in [1.165, 1.54) is 12.1 Å². The fourth-order valence-corrected chi connectivity index (χ4v) is 4.29. The molecular weight excluding hydrogens is 248 g/mol. The fourth-order valence-electron chi connectivity index (χ4n) is 2.92. The molecular formula is C13H18N2O2S. The summed E-state index contributed by atoms with van der Waals surface area (Å²) >= 11 is 1.96. The van der Waals surface area contributed by atoms with Gasteiger partial charge in [0.15, 0.2) is 0 Å². The Balaban J connectivity index is 1.72. The number of hydrogen-bond donors (Lipinski definition) is 1. The van der Waals surface area contributed by atoms with Gasteiger partial charge in [0.1, 0.15) is 6.33 Å². The van der Waals surface area contributed by atoms with Gasteiger partial charge < -0.3 is 9.84 Å². The predicted molar refractivity (Wildman–Crippen MR) is 70.3 cm³/mol. The van der Waals surface area contributed by atoms with Crippen molar-refractivity contribution in [2.24, 2.45) is 5.92 Å². The van der Waals surface area contributed by atoms with Crippen LogP contribution in [-0.4, -0.2) is 38.8 Å². The SMILES string of the molecule is OC(c1ccncn1)C1CCOC2(CCSC2)C1. The molecule has 2 fully saturated rings. The number of ether oxygens (including phenoxy) is 1. The largest absolute Gasteiger partial charge is 0.387 e. The van der Waals surface area contributed by atoms with Gasteiger partial charge in [-0.05, 0) is 37.0 Å². The van der Waals surface area contributed by atoms with Gasteiger partial charge in [-0.1, -0.05) is 0 Å². The lowest BCUT2D eigenvalue weighted by Gasteiger charge is -2.39. The first kappa shape index (κ1) is 12.4. The van der Waals surface area contributed by atoms with Crippen LogP contribution in [0.25, 0.3) is 0 Å². The Bertz CT molecular complexity index is 395. The van der Waals surface area contributed by atoms with Gasteiger partial charge in [-0.3, -0.25) is 0 Å². The minimum absolute atomic E-state index is 0.0155. The molecule has 1 N–H and O–H groups in total. The van der Waals surface area contributed by atoms with Crippen molar-refractivity contribution in [1.82, 2.24) is 9.97 Å². The van der Waals surface area contributed by atoms with Gasteiger partial charge in [0.25, 0.3) is 0 Å². The van der Waals surface area contributed by atoms with Crippen molar-refractivity contribution in [3.63, 3.8) is 0 Å². The van der Waals surface area contributed by atoms with E-state index < -0.39 is 6.10 Å². The van der Waals surface area contributed by atoms with Gasteiger partial charge in [-0.25, -0.2) is 9.97 Å². The molecule has 0 radical (unpaired) electrons. The molecule has 3 atom stereocenters. The zero-order valence-corrected chi connectivity index (χ0v) is 11.1. The summed E-state index contributed by atoms with van der Waals surface area (Å²) in [4.78, 5) is 8.06. The van der Waals surface area contributed by atoms with Crippen molar-refractivity contribution in [2.45, 2.75) is 31.0 Å². The van der Waals surface area contributed by atoms with Gasteiger partial charge >= 0.3 is 0 Å². The lowest BCUT2D eigenvalue weighted by Crippen LogP contribution is -2.41. The van der Waals surface area contributed by atoms with Crippen LogP contribution < -0.4 is 0 Å². The van der Waals surface area contributed by atoms with Crippen LogP contribution in [0.3, 0.4) is 0 Å². The van der Waals surface area contributed by atoms with Crippen molar-refractivity contribution in [1.29, 1.82) is 0 Å². The maximum atomic E-state index is 10.4. The van der Waals surface area contributed by atoms with E-state index in [9.17, 15) is 5.11 Å². The molecule has 0 amide bonds. The molecule has 0 aromatic carbocycles. The van der Waals surface area contributed by atoms with E-state index in [1.807, 2.05) is 11.8 Å². The highest BCUT2D eigenvalue weighted by molar-refractivity contribution is 7.99. The number of aromatic nitrogens is 2. The average Bonchev–Trinajstić information content (AvgIpc) is 2.87. The van der Waals surface area contributed by atoms with Crippen molar-refractivity contribution < 1.29 is 9.84 Å². The third kappa shape index (κ3) is 2.39. The third-order valence-electron chi connectivity index (χ3n) is 3.95. The molecule has 0 bridgehead atoms. The number of hydrogen-bond acceptors (Lipinski definition) is 5. The maximum Gasteiger partial charge on any atom is 0.115 e. The molecule has 3 unspecified atom stereocenters. The predicted octanol–water partition coefficient (Wildman–Crippen LogP) is 1.81. The van der Waals surface area contributed by atoms with Gasteiger partial charge in [-0.2, -0.15) is 11.8 Å². The van der Waals surface area contributed by atoms with E-state index in [0.29, 0.717) is 0 Å². The zero-order chi connectivity index (χ0) is 12.4. The van der Waals surface area contributed by atoms with Gasteiger partial charge in [-0.15, -0.1) is 0 Å². The van der Waals surface area contributed by atoms with Crippen molar-refractivity contribution in [3.8, 4) is 0 Å². The van der Waals surface area contributed by atoms with E-state index >= 15 is 0 Å². The zero-order valence-electron chi connectivity index (χ0n) is 10.3. The van der Waals surface area contributed by atoms with Gasteiger partial charge in [0, 0.05) is 18.6 Å². The Morgan fingerprint density at radius 2 is 2.50 bits per heavy atom. The summed E-state index contributed by atoms with van der Waals surface area (Å²) in [6.07, 6.45) is 5.68. The first-order chi connectivity index (χ1) is 8.79. The Labute approximate surface area is 111 Å². The second kappa shape index (κ2) is 5.15. The minimum Gasteiger partial charge on any atom is -0.387 e. The van der Waals surface area contributed by atoms with Crippen LogP contribution in [0, 0.1) is 5.92 Å². The molecule has 1 aromatic heterocycles. The average molecular weight is 266 g/mol. The molecule has 18 heavy (non-hydrogen) atoms. The molecule has 2 aliphatic heterocycles. The Kier molecular flexibility index (Phi) is 3.54. The van der Waals surface area contributed by atoms with E-state index in [2.05, 4.69) is 9.97 Å². The number of rotatable bonds is 2. The van der Waals surface area contributed by atoms with Gasteiger partial charge in [0.2, 0.25) is 0 Å². The smallest absolute Gasteiger partial charge is 0.115 e. The molecule has 3 rings (SSSR count). The lowest BCUT2D eigenvalue weighted by atomic mass is 9.81. The quantitative estimate of drug-likeness (QED) is 0.885.